The molecule has 1 fully saturated rings. The van der Waals surface area contributed by atoms with Crippen molar-refractivity contribution in [3.8, 4) is 0 Å². The molecule has 2 atom stereocenters. The summed E-state index contributed by atoms with van der Waals surface area (Å²) in [6.07, 6.45) is -2.04. The van der Waals surface area contributed by atoms with Crippen LogP contribution in [-0.4, -0.2) is 31.2 Å². The molecule has 0 radical (unpaired) electrons. The van der Waals surface area contributed by atoms with Crippen LogP contribution in [0.5, 0.6) is 0 Å². The van der Waals surface area contributed by atoms with Gasteiger partial charge in [-0.05, 0) is 25.2 Å². The average molecular weight is 294 g/mol. The zero-order valence-corrected chi connectivity index (χ0v) is 12.2. The van der Waals surface area contributed by atoms with Gasteiger partial charge in [-0.15, -0.1) is 0 Å². The highest BCUT2D eigenvalue weighted by Gasteiger charge is 2.41. The molecule has 3 nitrogen and oxygen atoms in total. The Morgan fingerprint density at radius 3 is 2.60 bits per heavy atom. The van der Waals surface area contributed by atoms with Crippen LogP contribution in [0.1, 0.15) is 46.0 Å². The van der Waals surface area contributed by atoms with Crippen LogP contribution in [0, 0.1) is 11.8 Å². The Labute approximate surface area is 118 Å². The van der Waals surface area contributed by atoms with Gasteiger partial charge >= 0.3 is 6.18 Å². The van der Waals surface area contributed by atoms with Gasteiger partial charge in [0.2, 0.25) is 5.91 Å². The minimum Gasteiger partial charge on any atom is -0.356 e. The van der Waals surface area contributed by atoms with Gasteiger partial charge in [-0.25, -0.2) is 0 Å². The fourth-order valence-electron chi connectivity index (χ4n) is 2.47. The molecule has 0 aromatic heterocycles. The van der Waals surface area contributed by atoms with Crippen molar-refractivity contribution in [2.75, 3.05) is 13.1 Å². The molecular weight excluding hydrogens is 269 g/mol. The summed E-state index contributed by atoms with van der Waals surface area (Å²) in [5, 5.41) is 5.88. The van der Waals surface area contributed by atoms with Crippen LogP contribution in [0.15, 0.2) is 0 Å². The van der Waals surface area contributed by atoms with E-state index >= 15 is 0 Å². The Morgan fingerprint density at radius 1 is 1.30 bits per heavy atom. The zero-order chi connectivity index (χ0) is 15.2. The standard InChI is InChI=1S/C14H25F3N2O/c1-10(2)9-19-13(20)6-7-18-12-5-3-4-11(8-12)14(15,16)17/h10-12,18H,3-9H2,1-2H3,(H,19,20). The lowest BCUT2D eigenvalue weighted by atomic mass is 9.85. The van der Waals surface area contributed by atoms with Gasteiger partial charge in [0.1, 0.15) is 0 Å². The second kappa shape index (κ2) is 7.86. The van der Waals surface area contributed by atoms with E-state index in [2.05, 4.69) is 10.6 Å². The van der Waals surface area contributed by atoms with Crippen LogP contribution in [0.25, 0.3) is 0 Å². The van der Waals surface area contributed by atoms with E-state index in [9.17, 15) is 18.0 Å². The normalized spacial score (nSPS) is 23.9. The van der Waals surface area contributed by atoms with Crippen LogP contribution >= 0.6 is 0 Å². The van der Waals surface area contributed by atoms with E-state index in [1.807, 2.05) is 13.8 Å². The summed E-state index contributed by atoms with van der Waals surface area (Å²) >= 11 is 0. The molecule has 0 aromatic carbocycles. The minimum atomic E-state index is -4.09. The Hall–Kier alpha value is -0.780. The summed E-state index contributed by atoms with van der Waals surface area (Å²) in [6.45, 7) is 5.10. The first-order valence-electron chi connectivity index (χ1n) is 7.36. The van der Waals surface area contributed by atoms with Crippen molar-refractivity contribution < 1.29 is 18.0 Å². The third kappa shape index (κ3) is 6.59. The van der Waals surface area contributed by atoms with Crippen LogP contribution in [0.4, 0.5) is 13.2 Å². The van der Waals surface area contributed by atoms with Crippen LogP contribution in [0.2, 0.25) is 0 Å². The van der Waals surface area contributed by atoms with Crippen molar-refractivity contribution in [1.82, 2.24) is 10.6 Å². The number of hydrogen-bond acceptors (Lipinski definition) is 2. The molecule has 20 heavy (non-hydrogen) atoms. The maximum absolute atomic E-state index is 12.6. The van der Waals surface area contributed by atoms with Gasteiger partial charge in [-0.2, -0.15) is 13.2 Å². The third-order valence-electron chi connectivity index (χ3n) is 3.63. The van der Waals surface area contributed by atoms with E-state index in [4.69, 9.17) is 0 Å². The molecule has 1 aliphatic carbocycles. The highest BCUT2D eigenvalue weighted by atomic mass is 19.4. The van der Waals surface area contributed by atoms with Crippen LogP contribution in [-0.2, 0) is 4.79 Å². The van der Waals surface area contributed by atoms with Crippen molar-refractivity contribution >= 4 is 5.91 Å². The first-order valence-corrected chi connectivity index (χ1v) is 7.36. The summed E-state index contributed by atoms with van der Waals surface area (Å²) in [7, 11) is 0. The highest BCUT2D eigenvalue weighted by molar-refractivity contribution is 5.76. The maximum Gasteiger partial charge on any atom is 0.391 e. The predicted octanol–water partition coefficient (Wildman–Crippen LogP) is 2.86. The molecule has 0 aromatic rings. The van der Waals surface area contributed by atoms with Gasteiger partial charge < -0.3 is 10.6 Å². The maximum atomic E-state index is 12.6. The van der Waals surface area contributed by atoms with Gasteiger partial charge in [0, 0.05) is 25.6 Å². The molecule has 0 saturated heterocycles. The molecule has 0 aliphatic heterocycles. The first-order chi connectivity index (χ1) is 9.29. The topological polar surface area (TPSA) is 41.1 Å². The van der Waals surface area contributed by atoms with E-state index in [1.54, 1.807) is 0 Å². The van der Waals surface area contributed by atoms with Gasteiger partial charge in [0.15, 0.2) is 0 Å². The first kappa shape index (κ1) is 17.3. The summed E-state index contributed by atoms with van der Waals surface area (Å²) in [4.78, 5) is 11.5. The van der Waals surface area contributed by atoms with E-state index < -0.39 is 12.1 Å². The summed E-state index contributed by atoms with van der Waals surface area (Å²) in [5.74, 6) is -0.837. The number of carbonyl (C=O) groups excluding carboxylic acids is 1. The van der Waals surface area contributed by atoms with E-state index in [1.165, 1.54) is 0 Å². The molecule has 2 N–H and O–H groups in total. The fraction of sp³-hybridized carbons (Fsp3) is 0.929. The number of carbonyl (C=O) groups is 1. The molecule has 1 rings (SSSR count). The predicted molar refractivity (Wildman–Crippen MR) is 72.3 cm³/mol. The largest absolute Gasteiger partial charge is 0.391 e. The molecule has 0 spiro atoms. The second-order valence-electron chi connectivity index (χ2n) is 6.00. The fourth-order valence-corrected chi connectivity index (χ4v) is 2.47. The summed E-state index contributed by atoms with van der Waals surface area (Å²) < 4.78 is 37.9. The van der Waals surface area contributed by atoms with Gasteiger partial charge in [-0.3, -0.25) is 4.79 Å². The molecule has 118 valence electrons. The Bertz CT molecular complexity index is 305. The second-order valence-corrected chi connectivity index (χ2v) is 6.00. The van der Waals surface area contributed by atoms with Crippen molar-refractivity contribution in [3.05, 3.63) is 0 Å². The molecule has 2 unspecified atom stereocenters. The number of halogens is 3. The average Bonchev–Trinajstić information content (AvgIpc) is 2.36. The SMILES string of the molecule is CC(C)CNC(=O)CCNC1CCCC(C(F)(F)F)C1. The number of amides is 1. The smallest absolute Gasteiger partial charge is 0.356 e. The third-order valence-corrected chi connectivity index (χ3v) is 3.63. The molecule has 1 saturated carbocycles. The van der Waals surface area contributed by atoms with E-state index in [0.29, 0.717) is 31.8 Å². The minimum absolute atomic E-state index is 0.0469. The quantitative estimate of drug-likeness (QED) is 0.791. The molecule has 6 heteroatoms. The Balaban J connectivity index is 2.20. The molecular formula is C14H25F3N2O. The number of alkyl halides is 3. The molecule has 1 amide bonds. The van der Waals surface area contributed by atoms with Crippen molar-refractivity contribution in [2.45, 2.75) is 58.2 Å². The zero-order valence-electron chi connectivity index (χ0n) is 12.2. The van der Waals surface area contributed by atoms with Gasteiger partial charge in [0.05, 0.1) is 5.92 Å². The Morgan fingerprint density at radius 2 is 2.00 bits per heavy atom. The number of hydrogen-bond donors (Lipinski definition) is 2. The van der Waals surface area contributed by atoms with Crippen LogP contribution < -0.4 is 10.6 Å². The lowest BCUT2D eigenvalue weighted by Crippen LogP contribution is -2.40. The molecule has 1 aliphatic rings. The van der Waals surface area contributed by atoms with Gasteiger partial charge in [-0.1, -0.05) is 20.3 Å². The van der Waals surface area contributed by atoms with Gasteiger partial charge in [0.25, 0.3) is 0 Å². The number of nitrogens with one attached hydrogen (secondary N) is 2. The molecule has 0 heterocycles. The van der Waals surface area contributed by atoms with Crippen molar-refractivity contribution in [3.63, 3.8) is 0 Å². The number of rotatable bonds is 6. The lowest BCUT2D eigenvalue weighted by Gasteiger charge is -2.31. The van der Waals surface area contributed by atoms with E-state index in [-0.39, 0.29) is 24.8 Å². The summed E-state index contributed by atoms with van der Waals surface area (Å²) in [5.41, 5.74) is 0. The van der Waals surface area contributed by atoms with Crippen molar-refractivity contribution in [1.29, 1.82) is 0 Å². The molecule has 0 bridgehead atoms. The van der Waals surface area contributed by atoms with E-state index in [0.717, 1.165) is 6.42 Å². The monoisotopic (exact) mass is 294 g/mol. The Kier molecular flexibility index (Phi) is 6.79. The van der Waals surface area contributed by atoms with Crippen LogP contribution in [0.3, 0.4) is 0 Å². The van der Waals surface area contributed by atoms with Crippen molar-refractivity contribution in [2.24, 2.45) is 11.8 Å². The highest BCUT2D eigenvalue weighted by Crippen LogP contribution is 2.37. The summed E-state index contributed by atoms with van der Waals surface area (Å²) in [6, 6.07) is -0.117. The lowest BCUT2D eigenvalue weighted by molar-refractivity contribution is -0.183.